The summed E-state index contributed by atoms with van der Waals surface area (Å²) in [4.78, 5) is 3.82. The Kier molecular flexibility index (Phi) is 5.86. The first-order valence-corrected chi connectivity index (χ1v) is 10.3. The number of rotatable bonds is 5. The zero-order valence-corrected chi connectivity index (χ0v) is 16.8. The minimum atomic E-state index is -4.60. The van der Waals surface area contributed by atoms with Crippen LogP contribution >= 0.6 is 11.6 Å². The summed E-state index contributed by atoms with van der Waals surface area (Å²) in [5.74, 6) is 0. The first kappa shape index (κ1) is 21.1. The molecular formula is C20H16ClF3N2O2S. The van der Waals surface area contributed by atoms with Crippen molar-refractivity contribution in [2.75, 3.05) is 4.31 Å². The summed E-state index contributed by atoms with van der Waals surface area (Å²) < 4.78 is 66.2. The van der Waals surface area contributed by atoms with Crippen LogP contribution in [0.2, 0.25) is 5.02 Å². The van der Waals surface area contributed by atoms with Crippen LogP contribution in [-0.2, 0) is 22.7 Å². The molecule has 0 saturated heterocycles. The van der Waals surface area contributed by atoms with Crippen LogP contribution in [-0.4, -0.2) is 13.4 Å². The number of benzene rings is 2. The van der Waals surface area contributed by atoms with Crippen LogP contribution in [0.3, 0.4) is 0 Å². The van der Waals surface area contributed by atoms with Gasteiger partial charge in [-0.25, -0.2) is 8.42 Å². The molecule has 152 valence electrons. The van der Waals surface area contributed by atoms with E-state index in [1.165, 1.54) is 12.1 Å². The van der Waals surface area contributed by atoms with Gasteiger partial charge in [0, 0.05) is 6.20 Å². The average Bonchev–Trinajstić information content (AvgIpc) is 2.67. The van der Waals surface area contributed by atoms with Crippen molar-refractivity contribution in [3.05, 3.63) is 88.7 Å². The molecule has 4 nitrogen and oxygen atoms in total. The van der Waals surface area contributed by atoms with Gasteiger partial charge in [0.15, 0.2) is 0 Å². The number of halogens is 4. The summed E-state index contributed by atoms with van der Waals surface area (Å²) >= 11 is 6.00. The van der Waals surface area contributed by atoms with Crippen LogP contribution in [0.1, 0.15) is 16.8 Å². The topological polar surface area (TPSA) is 50.3 Å². The molecule has 1 aromatic heterocycles. The predicted molar refractivity (Wildman–Crippen MR) is 105 cm³/mol. The molecule has 0 fully saturated rings. The Bertz CT molecular complexity index is 1100. The van der Waals surface area contributed by atoms with Crippen molar-refractivity contribution in [3.8, 4) is 0 Å². The molecule has 2 aromatic carbocycles. The summed E-state index contributed by atoms with van der Waals surface area (Å²) in [5.41, 5.74) is 0.285. The quantitative estimate of drug-likeness (QED) is 0.529. The van der Waals surface area contributed by atoms with Crippen molar-refractivity contribution in [1.82, 2.24) is 4.98 Å². The lowest BCUT2D eigenvalue weighted by Crippen LogP contribution is -2.31. The number of nitrogens with zero attached hydrogens (tertiary/aromatic N) is 2. The van der Waals surface area contributed by atoms with Crippen molar-refractivity contribution in [1.29, 1.82) is 0 Å². The molecule has 0 aliphatic heterocycles. The molecule has 0 spiro atoms. The van der Waals surface area contributed by atoms with E-state index >= 15 is 0 Å². The Balaban J connectivity index is 2.06. The van der Waals surface area contributed by atoms with Gasteiger partial charge in [0.05, 0.1) is 33.4 Å². The molecule has 1 heterocycles. The lowest BCUT2D eigenvalue weighted by molar-refractivity contribution is -0.137. The van der Waals surface area contributed by atoms with E-state index in [9.17, 15) is 21.6 Å². The largest absolute Gasteiger partial charge is 0.417 e. The van der Waals surface area contributed by atoms with Gasteiger partial charge in [-0.1, -0.05) is 47.5 Å². The minimum Gasteiger partial charge on any atom is -0.260 e. The molecule has 29 heavy (non-hydrogen) atoms. The molecule has 0 N–H and O–H groups in total. The van der Waals surface area contributed by atoms with Gasteiger partial charge in [0.25, 0.3) is 10.0 Å². The molecule has 0 unspecified atom stereocenters. The van der Waals surface area contributed by atoms with Crippen molar-refractivity contribution in [3.63, 3.8) is 0 Å². The van der Waals surface area contributed by atoms with Crippen molar-refractivity contribution >= 4 is 27.3 Å². The highest BCUT2D eigenvalue weighted by atomic mass is 35.5. The second-order valence-electron chi connectivity index (χ2n) is 6.31. The second kappa shape index (κ2) is 8.04. The normalized spacial score (nSPS) is 12.0. The fraction of sp³-hybridized carbons (Fsp3) is 0.150. The summed E-state index contributed by atoms with van der Waals surface area (Å²) in [6, 6.07) is 15.2. The zero-order valence-electron chi connectivity index (χ0n) is 15.2. The van der Waals surface area contributed by atoms with Gasteiger partial charge < -0.3 is 0 Å². The molecule has 0 amide bonds. The number of pyridine rings is 1. The lowest BCUT2D eigenvalue weighted by Gasteiger charge is -2.25. The van der Waals surface area contributed by atoms with E-state index in [0.717, 1.165) is 15.9 Å². The van der Waals surface area contributed by atoms with Gasteiger partial charge >= 0.3 is 6.18 Å². The molecule has 0 aliphatic rings. The van der Waals surface area contributed by atoms with Gasteiger partial charge in [0.2, 0.25) is 0 Å². The molecule has 0 saturated carbocycles. The van der Waals surface area contributed by atoms with E-state index in [1.807, 2.05) is 6.92 Å². The Morgan fingerprint density at radius 2 is 1.66 bits per heavy atom. The first-order valence-electron chi connectivity index (χ1n) is 8.45. The van der Waals surface area contributed by atoms with Crippen LogP contribution in [0, 0.1) is 6.92 Å². The van der Waals surface area contributed by atoms with E-state index in [2.05, 4.69) is 4.98 Å². The highest BCUT2D eigenvalue weighted by molar-refractivity contribution is 7.92. The SMILES string of the molecule is Cc1ccc(N(Cc2ncc(C(F)(F)F)cc2Cl)S(=O)(=O)c2ccccc2)cc1. The Morgan fingerprint density at radius 3 is 2.21 bits per heavy atom. The fourth-order valence-electron chi connectivity index (χ4n) is 2.62. The number of hydrogen-bond acceptors (Lipinski definition) is 3. The number of anilines is 1. The summed E-state index contributed by atoms with van der Waals surface area (Å²) in [5, 5.41) is -0.264. The van der Waals surface area contributed by atoms with E-state index in [0.29, 0.717) is 11.9 Å². The summed E-state index contributed by atoms with van der Waals surface area (Å²) in [6.45, 7) is 1.53. The highest BCUT2D eigenvalue weighted by Crippen LogP contribution is 2.33. The second-order valence-corrected chi connectivity index (χ2v) is 8.58. The molecule has 0 bridgehead atoms. The molecule has 3 aromatic rings. The van der Waals surface area contributed by atoms with Crippen molar-refractivity contribution in [2.45, 2.75) is 24.5 Å². The third kappa shape index (κ3) is 4.71. The monoisotopic (exact) mass is 440 g/mol. The molecule has 0 aliphatic carbocycles. The van der Waals surface area contributed by atoms with Crippen LogP contribution < -0.4 is 4.31 Å². The van der Waals surface area contributed by atoms with Gasteiger partial charge in [-0.3, -0.25) is 9.29 Å². The van der Waals surface area contributed by atoms with Crippen LogP contribution in [0.4, 0.5) is 18.9 Å². The first-order chi connectivity index (χ1) is 13.6. The predicted octanol–water partition coefficient (Wildman–Crippen LogP) is 5.46. The number of hydrogen-bond donors (Lipinski definition) is 0. The van der Waals surface area contributed by atoms with Gasteiger partial charge in [0.1, 0.15) is 0 Å². The summed E-state index contributed by atoms with van der Waals surface area (Å²) in [7, 11) is -4.01. The maximum Gasteiger partial charge on any atom is 0.417 e. The van der Waals surface area contributed by atoms with Crippen molar-refractivity contribution in [2.24, 2.45) is 0 Å². The minimum absolute atomic E-state index is 0.0137. The summed E-state index contributed by atoms with van der Waals surface area (Å²) in [6.07, 6.45) is -3.95. The molecule has 9 heteroatoms. The zero-order chi connectivity index (χ0) is 21.2. The fourth-order valence-corrected chi connectivity index (χ4v) is 4.29. The van der Waals surface area contributed by atoms with E-state index < -0.39 is 21.8 Å². The standard InChI is InChI=1S/C20H16ClF3N2O2S/c1-14-7-9-16(10-8-14)26(29(27,28)17-5-3-2-4-6-17)13-19-18(21)11-15(12-25-19)20(22,23)24/h2-12H,13H2,1H3. The highest BCUT2D eigenvalue weighted by Gasteiger charge is 2.32. The van der Waals surface area contributed by atoms with E-state index in [-0.39, 0.29) is 22.2 Å². The molecule has 3 rings (SSSR count). The number of aromatic nitrogens is 1. The third-order valence-electron chi connectivity index (χ3n) is 4.19. The van der Waals surface area contributed by atoms with Gasteiger partial charge in [-0.15, -0.1) is 0 Å². The van der Waals surface area contributed by atoms with Crippen molar-refractivity contribution < 1.29 is 21.6 Å². The Labute approximate surface area is 171 Å². The van der Waals surface area contributed by atoms with E-state index in [4.69, 9.17) is 11.6 Å². The van der Waals surface area contributed by atoms with Gasteiger partial charge in [-0.05, 0) is 37.3 Å². The number of aryl methyl sites for hydroxylation is 1. The maximum absolute atomic E-state index is 13.2. The smallest absolute Gasteiger partial charge is 0.260 e. The third-order valence-corrected chi connectivity index (χ3v) is 6.31. The number of sulfonamides is 1. The van der Waals surface area contributed by atoms with Crippen LogP contribution in [0.15, 0.2) is 71.8 Å². The average molecular weight is 441 g/mol. The number of alkyl halides is 3. The lowest BCUT2D eigenvalue weighted by atomic mass is 10.2. The van der Waals surface area contributed by atoms with E-state index in [1.54, 1.807) is 42.5 Å². The molecule has 0 radical (unpaired) electrons. The van der Waals surface area contributed by atoms with Crippen LogP contribution in [0.5, 0.6) is 0 Å². The maximum atomic E-state index is 13.2. The Morgan fingerprint density at radius 1 is 1.03 bits per heavy atom. The Hall–Kier alpha value is -2.58. The van der Waals surface area contributed by atoms with Crippen LogP contribution in [0.25, 0.3) is 0 Å². The molecule has 0 atom stereocenters. The molecular weight excluding hydrogens is 425 g/mol. The van der Waals surface area contributed by atoms with Gasteiger partial charge in [-0.2, -0.15) is 13.2 Å².